The molecule has 2 heterocycles. The van der Waals surface area contributed by atoms with Gasteiger partial charge in [-0.05, 0) is 0 Å². The van der Waals surface area contributed by atoms with Crippen LogP contribution in [0.2, 0.25) is 0 Å². The van der Waals surface area contributed by atoms with Crippen LogP contribution in [0.5, 0.6) is 0 Å². The summed E-state index contributed by atoms with van der Waals surface area (Å²) >= 11 is 0. The topological polar surface area (TPSA) is 143 Å². The van der Waals surface area contributed by atoms with Crippen LogP contribution >= 0.6 is 0 Å². The van der Waals surface area contributed by atoms with E-state index in [0.29, 0.717) is 0 Å². The third-order valence-corrected chi connectivity index (χ3v) is 3.34. The van der Waals surface area contributed by atoms with Crippen LogP contribution in [0.4, 0.5) is 5.95 Å². The highest BCUT2D eigenvalue weighted by atomic mass is 32.2. The number of hydrogen-bond acceptors (Lipinski definition) is 6. The first-order valence-corrected chi connectivity index (χ1v) is 6.03. The Morgan fingerprint density at radius 1 is 1.56 bits per heavy atom. The first kappa shape index (κ1) is 12.0. The maximum atomic E-state index is 11.9. The van der Waals surface area contributed by atoms with E-state index < -0.39 is 26.6 Å². The van der Waals surface area contributed by atoms with Crippen LogP contribution < -0.4 is 4.72 Å². The molecule has 0 aliphatic heterocycles. The summed E-state index contributed by atoms with van der Waals surface area (Å²) < 4.78 is 27.1. The minimum Gasteiger partial charge on any atom is -0.478 e. The normalized spacial score (nSPS) is 11.4. The Hall–Kier alpha value is -2.43. The van der Waals surface area contributed by atoms with Gasteiger partial charge in [-0.15, -0.1) is 0 Å². The van der Waals surface area contributed by atoms with Crippen molar-refractivity contribution in [2.45, 2.75) is 5.03 Å². The molecule has 3 N–H and O–H groups in total. The van der Waals surface area contributed by atoms with Gasteiger partial charge < -0.3 is 5.11 Å². The molecule has 96 valence electrons. The molecule has 0 aromatic carbocycles. The summed E-state index contributed by atoms with van der Waals surface area (Å²) in [4.78, 5) is 14.5. The van der Waals surface area contributed by atoms with E-state index in [2.05, 4.69) is 25.0 Å². The zero-order chi connectivity index (χ0) is 13.3. The predicted octanol–water partition coefficient (Wildman–Crippen LogP) is -0.963. The van der Waals surface area contributed by atoms with E-state index in [1.54, 1.807) is 0 Å². The lowest BCUT2D eigenvalue weighted by atomic mass is 10.4. The fraction of sp³-hybridized carbons (Fsp3) is 0.143. The maximum absolute atomic E-state index is 11.9. The van der Waals surface area contributed by atoms with Crippen LogP contribution in [0.15, 0.2) is 17.6 Å². The first-order valence-electron chi connectivity index (χ1n) is 4.55. The van der Waals surface area contributed by atoms with Crippen molar-refractivity contribution in [3.05, 3.63) is 18.1 Å². The lowest BCUT2D eigenvalue weighted by molar-refractivity contribution is 0.0692. The smallest absolute Gasteiger partial charge is 0.340 e. The summed E-state index contributed by atoms with van der Waals surface area (Å²) in [5.74, 6) is -1.44. The molecular formula is C7H8N6O4S. The fourth-order valence-corrected chi connectivity index (χ4v) is 2.32. The number of carboxylic acid groups (broad SMARTS) is 1. The number of nitrogens with zero attached hydrogens (tertiary/aromatic N) is 4. The summed E-state index contributed by atoms with van der Waals surface area (Å²) in [6.45, 7) is 0. The quantitative estimate of drug-likeness (QED) is 0.650. The standard InChI is InChI=1S/C7H8N6O4S/c1-13-7(8-3-10-13)12-18(16,17)5-4(6(14)15)2-9-11-5/h2-3H,1H3,(H,9,11)(H,14,15)(H,8,10,12). The molecule has 0 bridgehead atoms. The van der Waals surface area contributed by atoms with Crippen LogP contribution in [0.1, 0.15) is 10.4 Å². The number of aryl methyl sites for hydroxylation is 1. The Balaban J connectivity index is 2.40. The van der Waals surface area contributed by atoms with Crippen molar-refractivity contribution in [2.75, 3.05) is 4.72 Å². The monoisotopic (exact) mass is 272 g/mol. The number of nitrogens with one attached hydrogen (secondary N) is 2. The molecule has 0 aliphatic rings. The predicted molar refractivity (Wildman–Crippen MR) is 57.4 cm³/mol. The van der Waals surface area contributed by atoms with E-state index >= 15 is 0 Å². The Morgan fingerprint density at radius 2 is 2.28 bits per heavy atom. The molecule has 0 aliphatic carbocycles. The number of H-pyrrole nitrogens is 1. The molecule has 0 saturated heterocycles. The number of aromatic amines is 1. The van der Waals surface area contributed by atoms with Gasteiger partial charge in [0.15, 0.2) is 5.03 Å². The lowest BCUT2D eigenvalue weighted by Crippen LogP contribution is -2.19. The van der Waals surface area contributed by atoms with Gasteiger partial charge in [0.2, 0.25) is 5.95 Å². The molecule has 0 radical (unpaired) electrons. The largest absolute Gasteiger partial charge is 0.478 e. The zero-order valence-electron chi connectivity index (χ0n) is 9.02. The minimum absolute atomic E-state index is 0.0408. The molecular weight excluding hydrogens is 264 g/mol. The summed E-state index contributed by atoms with van der Waals surface area (Å²) in [6, 6.07) is 0. The molecule has 0 fully saturated rings. The van der Waals surface area contributed by atoms with Crippen molar-refractivity contribution in [1.29, 1.82) is 0 Å². The summed E-state index contributed by atoms with van der Waals surface area (Å²) in [7, 11) is -2.63. The van der Waals surface area contributed by atoms with E-state index in [1.807, 2.05) is 0 Å². The van der Waals surface area contributed by atoms with E-state index in [1.165, 1.54) is 11.7 Å². The average molecular weight is 272 g/mol. The van der Waals surface area contributed by atoms with Gasteiger partial charge >= 0.3 is 5.97 Å². The number of rotatable bonds is 4. The average Bonchev–Trinajstić information content (AvgIpc) is 2.88. The Bertz CT molecular complexity index is 686. The highest BCUT2D eigenvalue weighted by Crippen LogP contribution is 2.15. The highest BCUT2D eigenvalue weighted by molar-refractivity contribution is 7.92. The molecule has 0 unspecified atom stereocenters. The summed E-state index contributed by atoms with van der Waals surface area (Å²) in [5.41, 5.74) is -0.454. The number of anilines is 1. The van der Waals surface area contributed by atoms with E-state index in [-0.39, 0.29) is 5.95 Å². The molecule has 2 rings (SSSR count). The van der Waals surface area contributed by atoms with Crippen molar-refractivity contribution in [3.8, 4) is 0 Å². The van der Waals surface area contributed by atoms with Crippen LogP contribution in [0.25, 0.3) is 0 Å². The fourth-order valence-electron chi connectivity index (χ4n) is 1.19. The van der Waals surface area contributed by atoms with Gasteiger partial charge in [0, 0.05) is 7.05 Å². The van der Waals surface area contributed by atoms with Gasteiger partial charge in [-0.3, -0.25) is 5.10 Å². The third-order valence-electron chi connectivity index (χ3n) is 2.04. The Morgan fingerprint density at radius 3 is 2.83 bits per heavy atom. The molecule has 2 aromatic rings. The lowest BCUT2D eigenvalue weighted by Gasteiger charge is -2.05. The summed E-state index contributed by atoms with van der Waals surface area (Å²) in [6.07, 6.45) is 2.07. The van der Waals surface area contributed by atoms with Gasteiger partial charge in [0.05, 0.1) is 6.20 Å². The van der Waals surface area contributed by atoms with Gasteiger partial charge in [0.1, 0.15) is 11.9 Å². The van der Waals surface area contributed by atoms with Gasteiger partial charge in [-0.25, -0.2) is 14.2 Å². The molecule has 0 spiro atoms. The number of carboxylic acids is 1. The Kier molecular flexibility index (Phi) is 2.74. The molecule has 0 saturated carbocycles. The third kappa shape index (κ3) is 2.02. The first-order chi connectivity index (χ1) is 8.42. The number of aromatic carboxylic acids is 1. The number of hydrogen-bond donors (Lipinski definition) is 3. The zero-order valence-corrected chi connectivity index (χ0v) is 9.84. The SMILES string of the molecule is Cn1ncnc1NS(=O)(=O)c1[nH]ncc1C(=O)O. The van der Waals surface area contributed by atoms with Crippen LogP contribution in [-0.4, -0.2) is 44.5 Å². The van der Waals surface area contributed by atoms with Crippen LogP contribution in [-0.2, 0) is 17.1 Å². The second-order valence-electron chi connectivity index (χ2n) is 3.23. The van der Waals surface area contributed by atoms with E-state index in [4.69, 9.17) is 5.11 Å². The molecule has 10 nitrogen and oxygen atoms in total. The highest BCUT2D eigenvalue weighted by Gasteiger charge is 2.26. The van der Waals surface area contributed by atoms with Crippen LogP contribution in [0.3, 0.4) is 0 Å². The van der Waals surface area contributed by atoms with Gasteiger partial charge in [-0.1, -0.05) is 0 Å². The second-order valence-corrected chi connectivity index (χ2v) is 4.85. The van der Waals surface area contributed by atoms with Crippen molar-refractivity contribution in [1.82, 2.24) is 25.0 Å². The number of carbonyl (C=O) groups is 1. The molecule has 18 heavy (non-hydrogen) atoms. The molecule has 11 heteroatoms. The van der Waals surface area contributed by atoms with Crippen molar-refractivity contribution in [3.63, 3.8) is 0 Å². The summed E-state index contributed by atoms with van der Waals surface area (Å²) in [5, 5.41) is 17.5. The van der Waals surface area contributed by atoms with Gasteiger partial charge in [0.25, 0.3) is 10.0 Å². The maximum Gasteiger partial charge on any atom is 0.340 e. The molecule has 0 amide bonds. The molecule has 0 atom stereocenters. The van der Waals surface area contributed by atoms with Crippen molar-refractivity contribution >= 4 is 21.9 Å². The second kappa shape index (κ2) is 4.10. The van der Waals surface area contributed by atoms with Crippen LogP contribution in [0, 0.1) is 0 Å². The Labute approximate surface area is 101 Å². The van der Waals surface area contributed by atoms with E-state index in [0.717, 1.165) is 12.5 Å². The van der Waals surface area contributed by atoms with Crippen molar-refractivity contribution < 1.29 is 18.3 Å². The van der Waals surface area contributed by atoms with Gasteiger partial charge in [-0.2, -0.15) is 23.6 Å². The van der Waals surface area contributed by atoms with Crippen molar-refractivity contribution in [2.24, 2.45) is 7.05 Å². The van der Waals surface area contributed by atoms with E-state index in [9.17, 15) is 13.2 Å². The minimum atomic E-state index is -4.11. The molecule has 2 aromatic heterocycles. The number of aromatic nitrogens is 5. The number of sulfonamides is 1.